The molecule has 0 spiro atoms. The Balaban J connectivity index is 1.62. The predicted octanol–water partition coefficient (Wildman–Crippen LogP) is 6.88. The zero-order chi connectivity index (χ0) is 26.1. The minimum atomic E-state index is -0.197. The molecule has 0 fully saturated rings. The summed E-state index contributed by atoms with van der Waals surface area (Å²) >= 11 is 7.95. The van der Waals surface area contributed by atoms with E-state index in [9.17, 15) is 14.4 Å². The van der Waals surface area contributed by atoms with Gasteiger partial charge in [0.05, 0.1) is 0 Å². The molecule has 2 heterocycles. The molecule has 2 N–H and O–H groups in total. The molecule has 2 aromatic heterocycles. The third-order valence-corrected chi connectivity index (χ3v) is 7.38. The third kappa shape index (κ3) is 5.28. The molecule has 5 aromatic rings. The van der Waals surface area contributed by atoms with E-state index in [1.165, 1.54) is 18.5 Å². The highest BCUT2D eigenvalue weighted by atomic mass is 35.5. The highest BCUT2D eigenvalue weighted by Crippen LogP contribution is 2.34. The van der Waals surface area contributed by atoms with Crippen LogP contribution in [0.2, 0.25) is 5.02 Å². The van der Waals surface area contributed by atoms with Gasteiger partial charge in [0, 0.05) is 65.0 Å². The van der Waals surface area contributed by atoms with Gasteiger partial charge in [0.2, 0.25) is 11.8 Å². The number of rotatable bonds is 7. The smallest absolute Gasteiger partial charge is 0.221 e. The van der Waals surface area contributed by atoms with Gasteiger partial charge in [0.15, 0.2) is 0 Å². The normalized spacial score (nSPS) is 11.1. The number of hydrogen-bond acceptors (Lipinski definition) is 4. The van der Waals surface area contributed by atoms with E-state index in [0.29, 0.717) is 29.4 Å². The molecule has 5 rings (SSSR count). The molecule has 0 aliphatic rings. The number of halogens is 1. The summed E-state index contributed by atoms with van der Waals surface area (Å²) in [6.45, 7) is 3.52. The minimum absolute atomic E-state index is 0.197. The van der Waals surface area contributed by atoms with Crippen LogP contribution in [0, 0.1) is 0 Å². The molecule has 2 amide bonds. The zero-order valence-corrected chi connectivity index (χ0v) is 21.9. The van der Waals surface area contributed by atoms with E-state index < -0.39 is 0 Å². The molecule has 0 saturated carbocycles. The van der Waals surface area contributed by atoms with Gasteiger partial charge in [-0.15, -0.1) is 11.3 Å². The van der Waals surface area contributed by atoms with Crippen LogP contribution in [0.15, 0.2) is 66.2 Å². The molecule has 0 atom stereocenters. The van der Waals surface area contributed by atoms with Crippen LogP contribution in [0.25, 0.3) is 32.1 Å². The van der Waals surface area contributed by atoms with Crippen LogP contribution in [0.4, 0.5) is 11.4 Å². The quantitative estimate of drug-likeness (QED) is 0.225. The topological polar surface area (TPSA) is 80.2 Å². The predicted molar refractivity (Wildman–Crippen MR) is 152 cm³/mol. The summed E-state index contributed by atoms with van der Waals surface area (Å²) in [5.74, 6) is -0.395. The van der Waals surface area contributed by atoms with Crippen LogP contribution < -0.4 is 10.6 Å². The Morgan fingerprint density at radius 2 is 1.62 bits per heavy atom. The van der Waals surface area contributed by atoms with Crippen molar-refractivity contribution in [1.29, 1.82) is 0 Å². The lowest BCUT2D eigenvalue weighted by molar-refractivity contribution is -0.115. The number of anilines is 2. The Hall–Kier alpha value is -3.94. The van der Waals surface area contributed by atoms with Gasteiger partial charge in [-0.3, -0.25) is 9.59 Å². The molecule has 3 aromatic carbocycles. The maximum absolute atomic E-state index is 11.7. The first-order valence-corrected chi connectivity index (χ1v) is 13.0. The lowest BCUT2D eigenvalue weighted by Crippen LogP contribution is -2.09. The third-order valence-electron chi connectivity index (χ3n) is 6.13. The lowest BCUT2D eigenvalue weighted by atomic mass is 10.0. The molecule has 0 aliphatic heterocycles. The minimum Gasteiger partial charge on any atom is -0.343 e. The number of nitrogens with one attached hydrogen (secondary N) is 2. The van der Waals surface area contributed by atoms with Crippen LogP contribution in [-0.2, 0) is 27.3 Å². The zero-order valence-electron chi connectivity index (χ0n) is 20.3. The van der Waals surface area contributed by atoms with Crippen LogP contribution in [0.3, 0.4) is 0 Å². The largest absolute Gasteiger partial charge is 0.343 e. The summed E-state index contributed by atoms with van der Waals surface area (Å²) < 4.78 is 3.33. The van der Waals surface area contributed by atoms with Gasteiger partial charge in [-0.2, -0.15) is 0 Å². The van der Waals surface area contributed by atoms with Crippen LogP contribution in [-0.4, -0.2) is 22.7 Å². The van der Waals surface area contributed by atoms with E-state index in [1.807, 2.05) is 48.7 Å². The molecule has 0 bridgehead atoms. The second-order valence-corrected chi connectivity index (χ2v) is 10.3. The van der Waals surface area contributed by atoms with Crippen molar-refractivity contribution in [2.45, 2.75) is 26.8 Å². The number of fused-ring (bicyclic) bond motifs is 2. The average molecular weight is 530 g/mol. The van der Waals surface area contributed by atoms with Crippen molar-refractivity contribution in [2.24, 2.45) is 0 Å². The number of aldehydes is 1. The number of thiophene rings is 1. The van der Waals surface area contributed by atoms with Crippen molar-refractivity contribution in [3.05, 3.63) is 82.3 Å². The van der Waals surface area contributed by atoms with E-state index in [4.69, 9.17) is 11.6 Å². The Kier molecular flexibility index (Phi) is 6.82. The Labute approximate surface area is 222 Å². The van der Waals surface area contributed by atoms with E-state index >= 15 is 0 Å². The lowest BCUT2D eigenvalue weighted by Gasteiger charge is -2.12. The van der Waals surface area contributed by atoms with E-state index in [1.54, 1.807) is 17.4 Å². The second-order valence-electron chi connectivity index (χ2n) is 8.95. The molecule has 0 radical (unpaired) electrons. The first-order chi connectivity index (χ1) is 17.8. The van der Waals surface area contributed by atoms with E-state index in [0.717, 1.165) is 44.8 Å². The van der Waals surface area contributed by atoms with E-state index in [2.05, 4.69) is 26.6 Å². The molecule has 0 aliphatic carbocycles. The standard InChI is InChI=1S/C29H24ClN3O3S/c1-17(35)31-24-9-21(10-25(13-24)32-18(2)36)19-3-5-26-20(7-8-34)14-33(28(26)11-19)15-22-16-37-29-6-4-23(30)12-27(22)29/h3-6,8-14,16H,7,15H2,1-2H3,(H,31,35)(H,32,36). The van der Waals surface area contributed by atoms with Gasteiger partial charge in [0.25, 0.3) is 0 Å². The fourth-order valence-electron chi connectivity index (χ4n) is 4.64. The molecule has 0 saturated heterocycles. The fraction of sp³-hybridized carbons (Fsp3) is 0.138. The maximum atomic E-state index is 11.7. The van der Waals surface area contributed by atoms with Gasteiger partial charge in [-0.05, 0) is 75.5 Å². The summed E-state index contributed by atoms with van der Waals surface area (Å²) in [4.78, 5) is 34.8. The number of amides is 2. The highest BCUT2D eigenvalue weighted by Gasteiger charge is 2.14. The number of nitrogens with zero attached hydrogens (tertiary/aromatic N) is 1. The number of hydrogen-bond donors (Lipinski definition) is 2. The summed E-state index contributed by atoms with van der Waals surface area (Å²) in [7, 11) is 0. The van der Waals surface area contributed by atoms with Crippen LogP contribution in [0.5, 0.6) is 0 Å². The number of carbonyl (C=O) groups is 3. The number of aromatic nitrogens is 1. The monoisotopic (exact) mass is 529 g/mol. The molecule has 8 heteroatoms. The summed E-state index contributed by atoms with van der Waals surface area (Å²) in [5.41, 5.74) is 6.04. The summed E-state index contributed by atoms with van der Waals surface area (Å²) in [5, 5.41) is 10.6. The SMILES string of the molecule is CC(=O)Nc1cc(NC(C)=O)cc(-c2ccc3c(CC=O)cn(Cc4csc5ccc(Cl)cc45)c3c2)c1. The fourth-order valence-corrected chi connectivity index (χ4v) is 5.74. The van der Waals surface area contributed by atoms with Gasteiger partial charge in [0.1, 0.15) is 6.29 Å². The Morgan fingerprint density at radius 1 is 0.892 bits per heavy atom. The van der Waals surface area contributed by atoms with Crippen molar-refractivity contribution in [2.75, 3.05) is 10.6 Å². The molecular formula is C29H24ClN3O3S. The molecule has 186 valence electrons. The summed E-state index contributed by atoms with van der Waals surface area (Å²) in [6, 6.07) is 17.5. The van der Waals surface area contributed by atoms with E-state index in [-0.39, 0.29) is 11.8 Å². The second kappa shape index (κ2) is 10.2. The van der Waals surface area contributed by atoms with Crippen molar-refractivity contribution in [1.82, 2.24) is 4.57 Å². The first-order valence-electron chi connectivity index (χ1n) is 11.7. The number of carbonyl (C=O) groups excluding carboxylic acids is 3. The number of benzene rings is 3. The van der Waals surface area contributed by atoms with Crippen molar-refractivity contribution in [3.8, 4) is 11.1 Å². The Bertz CT molecular complexity index is 1650. The molecule has 37 heavy (non-hydrogen) atoms. The first kappa shape index (κ1) is 24.7. The maximum Gasteiger partial charge on any atom is 0.221 e. The van der Waals surface area contributed by atoms with Crippen LogP contribution >= 0.6 is 22.9 Å². The Morgan fingerprint density at radius 3 is 2.30 bits per heavy atom. The summed E-state index contributed by atoms with van der Waals surface area (Å²) in [6.07, 6.45) is 3.28. The molecule has 6 nitrogen and oxygen atoms in total. The van der Waals surface area contributed by atoms with Crippen molar-refractivity contribution in [3.63, 3.8) is 0 Å². The van der Waals surface area contributed by atoms with Crippen molar-refractivity contribution < 1.29 is 14.4 Å². The van der Waals surface area contributed by atoms with Gasteiger partial charge in [-0.1, -0.05) is 23.7 Å². The molecule has 0 unspecified atom stereocenters. The average Bonchev–Trinajstić information content (AvgIpc) is 3.39. The van der Waals surface area contributed by atoms with Gasteiger partial charge in [-0.25, -0.2) is 0 Å². The van der Waals surface area contributed by atoms with Gasteiger partial charge < -0.3 is 20.0 Å². The highest BCUT2D eigenvalue weighted by molar-refractivity contribution is 7.17. The van der Waals surface area contributed by atoms with Crippen LogP contribution in [0.1, 0.15) is 25.0 Å². The van der Waals surface area contributed by atoms with Crippen molar-refractivity contribution >= 4 is 73.4 Å². The van der Waals surface area contributed by atoms with Gasteiger partial charge >= 0.3 is 0 Å². The molecular weight excluding hydrogens is 506 g/mol.